The Balaban J connectivity index is 2.32. The van der Waals surface area contributed by atoms with Gasteiger partial charge in [-0.05, 0) is 49.8 Å². The SMILES string of the molecule is CC(=O)c1ccc(Nc2ccccc2C(C)=C(Cl)Cl)cc1. The van der Waals surface area contributed by atoms with Crippen molar-refractivity contribution in [2.24, 2.45) is 0 Å². The summed E-state index contributed by atoms with van der Waals surface area (Å²) in [4.78, 5) is 11.3. The molecule has 0 atom stereocenters. The Hall–Kier alpha value is -1.77. The highest BCUT2D eigenvalue weighted by Crippen LogP contribution is 2.31. The second-order valence-electron chi connectivity index (χ2n) is 4.69. The minimum Gasteiger partial charge on any atom is -0.355 e. The van der Waals surface area contributed by atoms with E-state index in [2.05, 4.69) is 5.32 Å². The summed E-state index contributed by atoms with van der Waals surface area (Å²) in [6, 6.07) is 15.1. The Morgan fingerprint density at radius 1 is 0.952 bits per heavy atom. The molecule has 2 nitrogen and oxygen atoms in total. The number of hydrogen-bond acceptors (Lipinski definition) is 2. The number of allylic oxidation sites excluding steroid dienone is 1. The quantitative estimate of drug-likeness (QED) is 0.721. The molecule has 0 aliphatic heterocycles. The lowest BCUT2D eigenvalue weighted by Crippen LogP contribution is -1.96. The normalized spacial score (nSPS) is 10.1. The lowest BCUT2D eigenvalue weighted by molar-refractivity contribution is 0.101. The predicted octanol–water partition coefficient (Wildman–Crippen LogP) is 5.80. The molecule has 21 heavy (non-hydrogen) atoms. The van der Waals surface area contributed by atoms with Crippen LogP contribution in [0.3, 0.4) is 0 Å². The number of rotatable bonds is 4. The van der Waals surface area contributed by atoms with Crippen LogP contribution in [0.2, 0.25) is 0 Å². The zero-order valence-corrected chi connectivity index (χ0v) is 13.3. The van der Waals surface area contributed by atoms with Crippen LogP contribution in [-0.4, -0.2) is 5.78 Å². The molecule has 0 heterocycles. The first kappa shape index (κ1) is 15.6. The minimum atomic E-state index is 0.0506. The van der Waals surface area contributed by atoms with E-state index in [0.29, 0.717) is 5.56 Å². The highest BCUT2D eigenvalue weighted by atomic mass is 35.5. The van der Waals surface area contributed by atoms with Crippen LogP contribution in [0.4, 0.5) is 11.4 Å². The topological polar surface area (TPSA) is 29.1 Å². The number of ketones is 1. The highest BCUT2D eigenvalue weighted by Gasteiger charge is 2.07. The van der Waals surface area contributed by atoms with Gasteiger partial charge in [0.15, 0.2) is 5.78 Å². The van der Waals surface area contributed by atoms with Gasteiger partial charge in [-0.1, -0.05) is 41.4 Å². The third kappa shape index (κ3) is 3.87. The summed E-state index contributed by atoms with van der Waals surface area (Å²) in [7, 11) is 0. The minimum absolute atomic E-state index is 0.0506. The number of carbonyl (C=O) groups excluding carboxylic acids is 1. The zero-order valence-electron chi connectivity index (χ0n) is 11.8. The number of nitrogens with one attached hydrogen (secondary N) is 1. The molecule has 0 saturated heterocycles. The number of carbonyl (C=O) groups is 1. The van der Waals surface area contributed by atoms with Crippen molar-refractivity contribution in [1.82, 2.24) is 0 Å². The van der Waals surface area contributed by atoms with Crippen LogP contribution in [-0.2, 0) is 0 Å². The third-order valence-corrected chi connectivity index (χ3v) is 3.75. The smallest absolute Gasteiger partial charge is 0.159 e. The van der Waals surface area contributed by atoms with E-state index in [-0.39, 0.29) is 10.3 Å². The third-order valence-electron chi connectivity index (χ3n) is 3.18. The van der Waals surface area contributed by atoms with E-state index in [4.69, 9.17) is 23.2 Å². The first-order chi connectivity index (χ1) is 9.99. The van der Waals surface area contributed by atoms with Crippen LogP contribution in [0.15, 0.2) is 53.0 Å². The van der Waals surface area contributed by atoms with Crippen LogP contribution < -0.4 is 5.32 Å². The van der Waals surface area contributed by atoms with E-state index >= 15 is 0 Å². The van der Waals surface area contributed by atoms with Gasteiger partial charge in [-0.25, -0.2) is 0 Å². The summed E-state index contributed by atoms with van der Waals surface area (Å²) in [5.41, 5.74) is 4.24. The molecular formula is C17H15Cl2NO. The molecule has 0 aliphatic carbocycles. The van der Waals surface area contributed by atoms with Crippen LogP contribution in [0.25, 0.3) is 5.57 Å². The Labute approximate surface area is 134 Å². The molecule has 0 spiro atoms. The molecule has 2 aromatic rings. The fraction of sp³-hybridized carbons (Fsp3) is 0.118. The van der Waals surface area contributed by atoms with Gasteiger partial charge in [0.2, 0.25) is 0 Å². The molecule has 4 heteroatoms. The number of halogens is 2. The Kier molecular flexibility index (Phi) is 5.05. The van der Waals surface area contributed by atoms with Crippen LogP contribution in [0, 0.1) is 0 Å². The van der Waals surface area contributed by atoms with Gasteiger partial charge in [-0.2, -0.15) is 0 Å². The number of benzene rings is 2. The summed E-state index contributed by atoms with van der Waals surface area (Å²) in [6.45, 7) is 3.42. The van der Waals surface area contributed by atoms with Crippen molar-refractivity contribution in [3.63, 3.8) is 0 Å². The van der Waals surface area contributed by atoms with E-state index in [1.54, 1.807) is 19.1 Å². The Morgan fingerprint density at radius 3 is 2.14 bits per heavy atom. The molecule has 0 amide bonds. The second-order valence-corrected chi connectivity index (χ2v) is 5.64. The molecule has 0 saturated carbocycles. The maximum Gasteiger partial charge on any atom is 0.159 e. The molecule has 0 bridgehead atoms. The van der Waals surface area contributed by atoms with Gasteiger partial charge >= 0.3 is 0 Å². The molecule has 1 N–H and O–H groups in total. The Bertz CT molecular complexity index is 686. The van der Waals surface area contributed by atoms with E-state index in [9.17, 15) is 4.79 Å². The molecule has 0 unspecified atom stereocenters. The van der Waals surface area contributed by atoms with Gasteiger partial charge in [-0.3, -0.25) is 4.79 Å². The van der Waals surface area contributed by atoms with Crippen LogP contribution >= 0.6 is 23.2 Å². The lowest BCUT2D eigenvalue weighted by Gasteiger charge is -2.13. The number of hydrogen-bond donors (Lipinski definition) is 1. The van der Waals surface area contributed by atoms with E-state index in [1.807, 2.05) is 43.3 Å². The lowest BCUT2D eigenvalue weighted by atomic mass is 10.1. The van der Waals surface area contributed by atoms with Crippen molar-refractivity contribution >= 4 is 45.9 Å². The molecule has 0 radical (unpaired) electrons. The first-order valence-corrected chi connectivity index (χ1v) is 7.24. The van der Waals surface area contributed by atoms with E-state index < -0.39 is 0 Å². The molecule has 2 aromatic carbocycles. The maximum absolute atomic E-state index is 11.3. The molecule has 0 fully saturated rings. The fourth-order valence-corrected chi connectivity index (χ4v) is 2.17. The summed E-state index contributed by atoms with van der Waals surface area (Å²) in [6.07, 6.45) is 0. The second kappa shape index (κ2) is 6.79. The number of Topliss-reactive ketones (excluding diaryl/α,β-unsaturated/α-hetero) is 1. The van der Waals surface area contributed by atoms with Gasteiger partial charge in [0.05, 0.1) is 0 Å². The zero-order chi connectivity index (χ0) is 15.4. The Morgan fingerprint density at radius 2 is 1.57 bits per heavy atom. The van der Waals surface area contributed by atoms with Crippen LogP contribution in [0.1, 0.15) is 29.8 Å². The van der Waals surface area contributed by atoms with E-state index in [0.717, 1.165) is 22.5 Å². The van der Waals surface area contributed by atoms with E-state index in [1.165, 1.54) is 0 Å². The molecular weight excluding hydrogens is 305 g/mol. The summed E-state index contributed by atoms with van der Waals surface area (Å²) < 4.78 is 0.246. The largest absolute Gasteiger partial charge is 0.355 e. The monoisotopic (exact) mass is 319 g/mol. The van der Waals surface area contributed by atoms with Gasteiger partial charge in [0.25, 0.3) is 0 Å². The molecule has 0 aromatic heterocycles. The predicted molar refractivity (Wildman–Crippen MR) is 90.5 cm³/mol. The van der Waals surface area contributed by atoms with Crippen molar-refractivity contribution in [3.8, 4) is 0 Å². The maximum atomic E-state index is 11.3. The average molecular weight is 320 g/mol. The summed E-state index contributed by atoms with van der Waals surface area (Å²) in [5, 5.41) is 3.31. The van der Waals surface area contributed by atoms with Crippen molar-refractivity contribution in [2.45, 2.75) is 13.8 Å². The molecule has 0 aliphatic rings. The summed E-state index contributed by atoms with van der Waals surface area (Å²) >= 11 is 11.7. The van der Waals surface area contributed by atoms with Crippen molar-refractivity contribution in [2.75, 3.05) is 5.32 Å². The van der Waals surface area contributed by atoms with Crippen molar-refractivity contribution < 1.29 is 4.79 Å². The standard InChI is InChI=1S/C17H15Cl2NO/c1-11(17(18)19)15-5-3-4-6-16(15)20-14-9-7-13(8-10-14)12(2)21/h3-10,20H,1-2H3. The average Bonchev–Trinajstić information content (AvgIpc) is 2.47. The fourth-order valence-electron chi connectivity index (χ4n) is 1.96. The van der Waals surface area contributed by atoms with Gasteiger partial charge in [0, 0.05) is 22.5 Å². The summed E-state index contributed by atoms with van der Waals surface area (Å²) in [5.74, 6) is 0.0506. The van der Waals surface area contributed by atoms with Gasteiger partial charge in [-0.15, -0.1) is 0 Å². The van der Waals surface area contributed by atoms with Gasteiger partial charge in [0.1, 0.15) is 4.49 Å². The molecule has 2 rings (SSSR count). The van der Waals surface area contributed by atoms with Crippen molar-refractivity contribution in [1.29, 1.82) is 0 Å². The molecule has 108 valence electrons. The van der Waals surface area contributed by atoms with Crippen molar-refractivity contribution in [3.05, 3.63) is 64.1 Å². The number of anilines is 2. The van der Waals surface area contributed by atoms with Crippen LogP contribution in [0.5, 0.6) is 0 Å². The highest BCUT2D eigenvalue weighted by molar-refractivity contribution is 6.58. The first-order valence-electron chi connectivity index (χ1n) is 6.48. The van der Waals surface area contributed by atoms with Gasteiger partial charge < -0.3 is 5.32 Å². The number of para-hydroxylation sites is 1.